The number of benzene rings is 1. The molecule has 6 nitrogen and oxygen atoms in total. The van der Waals surface area contributed by atoms with E-state index in [0.29, 0.717) is 29.9 Å². The van der Waals surface area contributed by atoms with Crippen LogP contribution in [0.2, 0.25) is 0 Å². The second-order valence-electron chi connectivity index (χ2n) is 11.5. The average molecular weight is 480 g/mol. The molecule has 1 aromatic heterocycles. The van der Waals surface area contributed by atoms with Gasteiger partial charge in [0.2, 0.25) is 5.88 Å². The number of pyridine rings is 1. The molecule has 0 spiro atoms. The van der Waals surface area contributed by atoms with Crippen LogP contribution in [-0.2, 0) is 11.2 Å². The fourth-order valence-electron chi connectivity index (χ4n) is 6.01. The summed E-state index contributed by atoms with van der Waals surface area (Å²) in [7, 11) is 0. The molecule has 1 saturated carbocycles. The third-order valence-corrected chi connectivity index (χ3v) is 8.30. The van der Waals surface area contributed by atoms with Crippen molar-refractivity contribution in [2.75, 3.05) is 26.2 Å². The van der Waals surface area contributed by atoms with E-state index in [9.17, 15) is 4.79 Å². The second kappa shape index (κ2) is 8.77. The number of amides is 1. The third kappa shape index (κ3) is 4.63. The van der Waals surface area contributed by atoms with Crippen LogP contribution in [0.15, 0.2) is 30.5 Å². The lowest BCUT2D eigenvalue weighted by Gasteiger charge is -2.44. The van der Waals surface area contributed by atoms with Crippen molar-refractivity contribution < 1.29 is 18.7 Å². The van der Waals surface area contributed by atoms with E-state index in [1.54, 1.807) is 12.3 Å². The topological polar surface area (TPSA) is 63.7 Å². The number of alkyl carbamates (subject to hydrolysis) is 1. The molecule has 3 saturated heterocycles. The number of fused-ring (bicyclic) bond motifs is 4. The number of rotatable bonds is 6. The van der Waals surface area contributed by atoms with E-state index in [-0.39, 0.29) is 23.4 Å². The highest BCUT2D eigenvalue weighted by molar-refractivity contribution is 5.70. The van der Waals surface area contributed by atoms with Gasteiger partial charge in [-0.1, -0.05) is 13.8 Å². The molecule has 1 N–H and O–H groups in total. The summed E-state index contributed by atoms with van der Waals surface area (Å²) in [6.45, 7) is 7.93. The summed E-state index contributed by atoms with van der Waals surface area (Å²) < 4.78 is 26.9. The van der Waals surface area contributed by atoms with Crippen LogP contribution in [0.1, 0.15) is 56.7 Å². The van der Waals surface area contributed by atoms with Crippen LogP contribution in [0, 0.1) is 23.1 Å². The lowest BCUT2D eigenvalue weighted by atomic mass is 9.85. The summed E-state index contributed by atoms with van der Waals surface area (Å²) in [6.07, 6.45) is 6.60. The SMILES string of the molecule is CC1(C)Cc2cc(-c3ccc(OCC4CC4)nc3)c(F)cc2C1NC(=O)O[C@H]1CN2CCC1CC2. The number of hydrogen-bond acceptors (Lipinski definition) is 5. The Labute approximate surface area is 206 Å². The van der Waals surface area contributed by atoms with Crippen LogP contribution in [0.3, 0.4) is 0 Å². The Morgan fingerprint density at radius 1 is 1.20 bits per heavy atom. The fraction of sp³-hybridized carbons (Fsp3) is 0.571. The highest BCUT2D eigenvalue weighted by Gasteiger charge is 2.42. The van der Waals surface area contributed by atoms with E-state index in [4.69, 9.17) is 9.47 Å². The van der Waals surface area contributed by atoms with Crippen molar-refractivity contribution in [3.05, 3.63) is 47.4 Å². The Morgan fingerprint density at radius 3 is 2.66 bits per heavy atom. The molecule has 7 rings (SSSR count). The molecule has 7 heteroatoms. The molecular weight excluding hydrogens is 445 g/mol. The first-order valence-electron chi connectivity index (χ1n) is 13.0. The molecule has 2 aliphatic carbocycles. The van der Waals surface area contributed by atoms with Crippen molar-refractivity contribution in [1.82, 2.24) is 15.2 Å². The highest BCUT2D eigenvalue weighted by atomic mass is 19.1. The minimum absolute atomic E-state index is 0.0516. The van der Waals surface area contributed by atoms with Gasteiger partial charge in [0.1, 0.15) is 11.9 Å². The predicted molar refractivity (Wildman–Crippen MR) is 131 cm³/mol. The van der Waals surface area contributed by atoms with Gasteiger partial charge in [-0.05, 0) is 91.8 Å². The van der Waals surface area contributed by atoms with Crippen LogP contribution < -0.4 is 10.1 Å². The van der Waals surface area contributed by atoms with Crippen molar-refractivity contribution in [3.8, 4) is 17.0 Å². The Balaban J connectivity index is 1.17. The maximum absolute atomic E-state index is 15.3. The molecule has 2 bridgehead atoms. The van der Waals surface area contributed by atoms with Gasteiger partial charge in [-0.2, -0.15) is 0 Å². The Bertz CT molecular complexity index is 1110. The number of carbonyl (C=O) groups excluding carboxylic acids is 1. The summed E-state index contributed by atoms with van der Waals surface area (Å²) in [5.74, 6) is 1.37. The van der Waals surface area contributed by atoms with Crippen LogP contribution in [-0.4, -0.2) is 48.3 Å². The summed E-state index contributed by atoms with van der Waals surface area (Å²) in [6, 6.07) is 6.86. The van der Waals surface area contributed by atoms with Gasteiger partial charge in [0.05, 0.1) is 12.6 Å². The van der Waals surface area contributed by atoms with E-state index in [0.717, 1.165) is 55.6 Å². The highest BCUT2D eigenvalue weighted by Crippen LogP contribution is 2.47. The summed E-state index contributed by atoms with van der Waals surface area (Å²) in [5, 5.41) is 3.08. The zero-order chi connectivity index (χ0) is 24.2. The first kappa shape index (κ1) is 22.8. The normalized spacial score (nSPS) is 28.4. The lowest BCUT2D eigenvalue weighted by Crippen LogP contribution is -2.53. The minimum Gasteiger partial charge on any atom is -0.477 e. The van der Waals surface area contributed by atoms with Crippen LogP contribution >= 0.6 is 0 Å². The lowest BCUT2D eigenvalue weighted by molar-refractivity contribution is -0.0349. The van der Waals surface area contributed by atoms with Crippen molar-refractivity contribution in [3.63, 3.8) is 0 Å². The van der Waals surface area contributed by atoms with Crippen LogP contribution in [0.4, 0.5) is 9.18 Å². The standard InChI is InChI=1S/C28H34FN3O3/c1-28(2)13-20-11-21(19-5-6-25(30-14-19)34-16-17-3-4-17)23(29)12-22(20)26(28)31-27(33)35-24-15-32-9-7-18(24)8-10-32/h5-6,11-12,14,17-18,24,26H,3-4,7-10,13,15-16H2,1-2H3,(H,31,33)/t24-,26?/m0/s1. The molecule has 0 radical (unpaired) electrons. The quantitative estimate of drug-likeness (QED) is 0.623. The first-order valence-corrected chi connectivity index (χ1v) is 13.0. The maximum Gasteiger partial charge on any atom is 0.407 e. The van der Waals surface area contributed by atoms with E-state index < -0.39 is 6.09 Å². The smallest absolute Gasteiger partial charge is 0.407 e. The largest absolute Gasteiger partial charge is 0.477 e. The van der Waals surface area contributed by atoms with E-state index >= 15 is 4.39 Å². The van der Waals surface area contributed by atoms with Crippen molar-refractivity contribution in [2.45, 2.75) is 58.1 Å². The molecule has 1 aromatic carbocycles. The third-order valence-electron chi connectivity index (χ3n) is 8.30. The Morgan fingerprint density at radius 2 is 2.00 bits per heavy atom. The predicted octanol–water partition coefficient (Wildman–Crippen LogP) is 5.12. The van der Waals surface area contributed by atoms with Crippen molar-refractivity contribution in [2.24, 2.45) is 17.3 Å². The van der Waals surface area contributed by atoms with Crippen molar-refractivity contribution in [1.29, 1.82) is 0 Å². The molecule has 4 fully saturated rings. The van der Waals surface area contributed by atoms with Gasteiger partial charge in [-0.25, -0.2) is 14.2 Å². The molecule has 35 heavy (non-hydrogen) atoms. The molecule has 1 amide bonds. The summed E-state index contributed by atoms with van der Waals surface area (Å²) in [5.41, 5.74) is 2.88. The molecule has 3 aliphatic heterocycles. The maximum atomic E-state index is 15.3. The number of piperidine rings is 3. The van der Waals surface area contributed by atoms with Gasteiger partial charge in [-0.3, -0.25) is 4.90 Å². The number of nitrogens with zero attached hydrogens (tertiary/aromatic N) is 2. The number of ether oxygens (including phenoxy) is 2. The fourth-order valence-corrected chi connectivity index (χ4v) is 6.01. The summed E-state index contributed by atoms with van der Waals surface area (Å²) in [4.78, 5) is 19.6. The van der Waals surface area contributed by atoms with E-state index in [1.165, 1.54) is 12.8 Å². The number of hydrogen-bond donors (Lipinski definition) is 1. The number of halogens is 1. The number of carbonyl (C=O) groups is 1. The zero-order valence-electron chi connectivity index (χ0n) is 20.6. The van der Waals surface area contributed by atoms with Crippen molar-refractivity contribution >= 4 is 6.09 Å². The van der Waals surface area contributed by atoms with E-state index in [2.05, 4.69) is 29.0 Å². The first-order chi connectivity index (χ1) is 16.9. The number of nitrogens with one attached hydrogen (secondary N) is 1. The molecule has 186 valence electrons. The monoisotopic (exact) mass is 479 g/mol. The van der Waals surface area contributed by atoms with Gasteiger partial charge in [-0.15, -0.1) is 0 Å². The molecule has 2 aromatic rings. The van der Waals surface area contributed by atoms with E-state index in [1.807, 2.05) is 18.2 Å². The molecule has 4 heterocycles. The minimum atomic E-state index is -0.398. The van der Waals surface area contributed by atoms with Gasteiger partial charge >= 0.3 is 6.09 Å². The van der Waals surface area contributed by atoms with Gasteiger partial charge in [0.15, 0.2) is 0 Å². The van der Waals surface area contributed by atoms with Gasteiger partial charge in [0, 0.05) is 29.9 Å². The summed E-state index contributed by atoms with van der Waals surface area (Å²) >= 11 is 0. The Hall–Kier alpha value is -2.67. The molecule has 2 atom stereocenters. The molecule has 1 unspecified atom stereocenters. The van der Waals surface area contributed by atoms with Crippen LogP contribution in [0.25, 0.3) is 11.1 Å². The van der Waals surface area contributed by atoms with Gasteiger partial charge in [0.25, 0.3) is 0 Å². The average Bonchev–Trinajstić information content (AvgIpc) is 3.64. The second-order valence-corrected chi connectivity index (χ2v) is 11.5. The molecule has 5 aliphatic rings. The van der Waals surface area contributed by atoms with Gasteiger partial charge < -0.3 is 14.8 Å². The van der Waals surface area contributed by atoms with Crippen LogP contribution in [0.5, 0.6) is 5.88 Å². The Kier molecular flexibility index (Phi) is 5.71. The molecular formula is C28H34FN3O3. The zero-order valence-corrected chi connectivity index (χ0v) is 20.6. The number of aromatic nitrogens is 1.